The molecule has 1 saturated carbocycles. The number of para-hydroxylation sites is 1. The standard InChI is InChI=1S/C29H27N3O.H2/c1-3-4-6-11-21(2)32-27(30-23-13-7-5-8-14-23)18-26(33)25-16-15-24(31-28(25)32)20-29-17-10-9-12-22(29)19-29;/h3-18,22,30H,1,19-20H2,2H3;1H/b6-4-,21-11+;. The molecule has 2 aliphatic rings. The van der Waals surface area contributed by atoms with Crippen LogP contribution >= 0.6 is 0 Å². The van der Waals surface area contributed by atoms with Crippen molar-refractivity contribution in [2.75, 3.05) is 5.32 Å². The number of anilines is 2. The fraction of sp³-hybridized carbons (Fsp3) is 0.172. The molecule has 0 saturated heterocycles. The average Bonchev–Trinajstić information content (AvgIpc) is 3.54. The van der Waals surface area contributed by atoms with E-state index in [1.807, 2.05) is 72.2 Å². The molecule has 4 nitrogen and oxygen atoms in total. The van der Waals surface area contributed by atoms with Crippen molar-refractivity contribution in [3.63, 3.8) is 0 Å². The first-order valence-electron chi connectivity index (χ1n) is 11.3. The van der Waals surface area contributed by atoms with Crippen molar-refractivity contribution in [3.05, 3.63) is 120 Å². The molecule has 4 heteroatoms. The first-order chi connectivity index (χ1) is 16.1. The van der Waals surface area contributed by atoms with E-state index in [9.17, 15) is 4.79 Å². The van der Waals surface area contributed by atoms with E-state index in [4.69, 9.17) is 4.98 Å². The zero-order chi connectivity index (χ0) is 22.8. The Labute approximate surface area is 195 Å². The second kappa shape index (κ2) is 8.55. The molecule has 0 spiro atoms. The van der Waals surface area contributed by atoms with Gasteiger partial charge < -0.3 is 5.32 Å². The summed E-state index contributed by atoms with van der Waals surface area (Å²) >= 11 is 0. The van der Waals surface area contributed by atoms with Gasteiger partial charge in [0.1, 0.15) is 11.5 Å². The maximum atomic E-state index is 13.0. The molecule has 166 valence electrons. The Bertz CT molecular complexity index is 1400. The maximum Gasteiger partial charge on any atom is 0.193 e. The van der Waals surface area contributed by atoms with Crippen LogP contribution < -0.4 is 10.7 Å². The minimum absolute atomic E-state index is 0. The van der Waals surface area contributed by atoms with Gasteiger partial charge in [0.05, 0.1) is 5.39 Å². The number of hydrogen-bond donors (Lipinski definition) is 1. The highest BCUT2D eigenvalue weighted by Gasteiger charge is 2.51. The number of rotatable bonds is 7. The van der Waals surface area contributed by atoms with Crippen LogP contribution in [-0.4, -0.2) is 9.55 Å². The summed E-state index contributed by atoms with van der Waals surface area (Å²) in [7, 11) is 0. The lowest BCUT2D eigenvalue weighted by Crippen LogP contribution is -2.15. The molecule has 0 radical (unpaired) electrons. The van der Waals surface area contributed by atoms with Crippen LogP contribution in [0.25, 0.3) is 16.7 Å². The third kappa shape index (κ3) is 4.12. The lowest BCUT2D eigenvalue weighted by atomic mass is 9.93. The Kier molecular flexibility index (Phi) is 5.43. The van der Waals surface area contributed by atoms with E-state index < -0.39 is 0 Å². The van der Waals surface area contributed by atoms with Gasteiger partial charge in [-0.2, -0.15) is 0 Å². The number of allylic oxidation sites excluding steroid dienone is 9. The van der Waals surface area contributed by atoms with Crippen LogP contribution in [-0.2, 0) is 6.42 Å². The largest absolute Gasteiger partial charge is 0.341 e. The van der Waals surface area contributed by atoms with E-state index in [-0.39, 0.29) is 12.3 Å². The van der Waals surface area contributed by atoms with Gasteiger partial charge in [0, 0.05) is 30.0 Å². The smallest absolute Gasteiger partial charge is 0.193 e. The Morgan fingerprint density at radius 1 is 1.24 bits per heavy atom. The number of nitrogens with one attached hydrogen (secondary N) is 1. The first-order valence-corrected chi connectivity index (χ1v) is 11.3. The molecule has 33 heavy (non-hydrogen) atoms. The second-order valence-corrected chi connectivity index (χ2v) is 8.79. The molecule has 5 rings (SSSR count). The average molecular weight is 436 g/mol. The van der Waals surface area contributed by atoms with E-state index in [0.29, 0.717) is 22.8 Å². The Morgan fingerprint density at radius 2 is 2.09 bits per heavy atom. The predicted molar refractivity (Wildman–Crippen MR) is 140 cm³/mol. The highest BCUT2D eigenvalue weighted by atomic mass is 16.1. The first kappa shape index (κ1) is 21.0. The highest BCUT2D eigenvalue weighted by molar-refractivity contribution is 5.83. The minimum Gasteiger partial charge on any atom is -0.341 e. The topological polar surface area (TPSA) is 46.9 Å². The fourth-order valence-corrected chi connectivity index (χ4v) is 4.64. The minimum atomic E-state index is -0.0453. The van der Waals surface area contributed by atoms with E-state index in [1.54, 1.807) is 12.1 Å². The zero-order valence-electron chi connectivity index (χ0n) is 18.7. The molecular formula is C29H29N3O. The summed E-state index contributed by atoms with van der Waals surface area (Å²) in [5.41, 5.74) is 3.67. The number of benzene rings is 1. The fourth-order valence-electron chi connectivity index (χ4n) is 4.64. The van der Waals surface area contributed by atoms with Crippen molar-refractivity contribution in [2.45, 2.75) is 19.8 Å². The summed E-state index contributed by atoms with van der Waals surface area (Å²) in [6, 6.07) is 15.4. The third-order valence-corrected chi connectivity index (χ3v) is 6.47. The van der Waals surface area contributed by atoms with E-state index in [0.717, 1.165) is 29.9 Å². The molecule has 2 atom stereocenters. The van der Waals surface area contributed by atoms with Gasteiger partial charge in [0.25, 0.3) is 0 Å². The highest BCUT2D eigenvalue weighted by Crippen LogP contribution is 2.58. The normalized spacial score (nSPS) is 21.4. The van der Waals surface area contributed by atoms with Crippen LogP contribution in [0.2, 0.25) is 0 Å². The number of aromatic nitrogens is 2. The van der Waals surface area contributed by atoms with E-state index in [1.165, 1.54) is 0 Å². The molecule has 1 N–H and O–H groups in total. The van der Waals surface area contributed by atoms with Gasteiger partial charge >= 0.3 is 0 Å². The van der Waals surface area contributed by atoms with Gasteiger partial charge in [0.2, 0.25) is 0 Å². The summed E-state index contributed by atoms with van der Waals surface area (Å²) in [4.78, 5) is 18.1. The molecule has 0 bridgehead atoms. The molecule has 1 fully saturated rings. The SMILES string of the molecule is C=C/C=C\C=C(/C)n1c(Nc2ccccc2)cc(=O)c2ccc(CC34C=CC=CC3C4)nc21.[HH]. The predicted octanol–water partition coefficient (Wildman–Crippen LogP) is 6.66. The summed E-state index contributed by atoms with van der Waals surface area (Å²) in [5, 5.41) is 4.02. The lowest BCUT2D eigenvalue weighted by molar-refractivity contribution is 0.595. The van der Waals surface area contributed by atoms with Crippen molar-refractivity contribution in [1.82, 2.24) is 9.55 Å². The molecule has 0 amide bonds. The Morgan fingerprint density at radius 3 is 2.88 bits per heavy atom. The van der Waals surface area contributed by atoms with Crippen LogP contribution in [0.4, 0.5) is 11.5 Å². The van der Waals surface area contributed by atoms with Gasteiger partial charge in [-0.25, -0.2) is 4.98 Å². The molecule has 2 heterocycles. The van der Waals surface area contributed by atoms with E-state index >= 15 is 0 Å². The van der Waals surface area contributed by atoms with Gasteiger partial charge in [-0.05, 0) is 56.0 Å². The quantitative estimate of drug-likeness (QED) is 0.422. The second-order valence-electron chi connectivity index (χ2n) is 8.79. The Hall–Kier alpha value is -3.92. The number of nitrogens with zero attached hydrogens (tertiary/aromatic N) is 2. The van der Waals surface area contributed by atoms with E-state index in [2.05, 4.69) is 36.2 Å². The molecule has 2 unspecified atom stereocenters. The van der Waals surface area contributed by atoms with Gasteiger partial charge in [-0.1, -0.05) is 67.3 Å². The molecular weight excluding hydrogens is 406 g/mol. The third-order valence-electron chi connectivity index (χ3n) is 6.47. The van der Waals surface area contributed by atoms with Gasteiger partial charge in [-0.3, -0.25) is 9.36 Å². The van der Waals surface area contributed by atoms with Crippen LogP contribution in [0.3, 0.4) is 0 Å². The van der Waals surface area contributed by atoms with Crippen molar-refractivity contribution >= 4 is 28.2 Å². The Balaban J connectivity index is 0.00000274. The maximum absolute atomic E-state index is 13.0. The molecule has 2 aliphatic carbocycles. The van der Waals surface area contributed by atoms with Crippen LogP contribution in [0.15, 0.2) is 109 Å². The molecule has 2 aromatic heterocycles. The number of fused-ring (bicyclic) bond motifs is 2. The summed E-state index contributed by atoms with van der Waals surface area (Å²) < 4.78 is 2.03. The molecule has 1 aromatic carbocycles. The van der Waals surface area contributed by atoms with Crippen molar-refractivity contribution in [2.24, 2.45) is 11.3 Å². The molecule has 0 aliphatic heterocycles. The number of pyridine rings is 2. The molecule has 3 aromatic rings. The van der Waals surface area contributed by atoms with Gasteiger partial charge in [0.15, 0.2) is 5.43 Å². The monoisotopic (exact) mass is 435 g/mol. The van der Waals surface area contributed by atoms with Crippen LogP contribution in [0, 0.1) is 11.3 Å². The van der Waals surface area contributed by atoms with Crippen molar-refractivity contribution in [1.29, 1.82) is 0 Å². The zero-order valence-corrected chi connectivity index (χ0v) is 18.7. The summed E-state index contributed by atoms with van der Waals surface area (Å²) in [6.07, 6.45) is 18.5. The van der Waals surface area contributed by atoms with Gasteiger partial charge in [-0.15, -0.1) is 0 Å². The number of hydrogen-bond acceptors (Lipinski definition) is 3. The van der Waals surface area contributed by atoms with Crippen molar-refractivity contribution in [3.8, 4) is 0 Å². The van der Waals surface area contributed by atoms with Crippen molar-refractivity contribution < 1.29 is 1.43 Å². The van der Waals surface area contributed by atoms with Crippen LogP contribution in [0.1, 0.15) is 20.5 Å². The summed E-state index contributed by atoms with van der Waals surface area (Å²) in [6.45, 7) is 5.76. The summed E-state index contributed by atoms with van der Waals surface area (Å²) in [5.74, 6) is 1.28. The lowest BCUT2D eigenvalue weighted by Gasteiger charge is -2.19. The van der Waals surface area contributed by atoms with Crippen LogP contribution in [0.5, 0.6) is 0 Å².